The molecule has 0 spiro atoms. The summed E-state index contributed by atoms with van der Waals surface area (Å²) < 4.78 is 33.8. The molecule has 18 nitrogen and oxygen atoms in total. The summed E-state index contributed by atoms with van der Waals surface area (Å²) in [5.74, 6) is -1.54. The Kier molecular flexibility index (Phi) is 18.1. The van der Waals surface area contributed by atoms with Crippen molar-refractivity contribution in [1.82, 2.24) is 40.0 Å². The van der Waals surface area contributed by atoms with Crippen LogP contribution < -0.4 is 5.32 Å². The number of rotatable bonds is 21. The van der Waals surface area contributed by atoms with Gasteiger partial charge in [-0.15, -0.1) is 0 Å². The van der Waals surface area contributed by atoms with Crippen molar-refractivity contribution in [2.45, 2.75) is 105 Å². The van der Waals surface area contributed by atoms with Crippen LogP contribution in [0.15, 0.2) is 18.2 Å². The number of aromatic amines is 2. The number of hydrogen-bond donors (Lipinski definition) is 3. The molecule has 72 heavy (non-hydrogen) atoms. The molecule has 1 fully saturated rings. The lowest BCUT2D eigenvalue weighted by molar-refractivity contribution is -0.130. The van der Waals surface area contributed by atoms with Crippen LogP contribution in [0.2, 0.25) is 0 Å². The summed E-state index contributed by atoms with van der Waals surface area (Å²) in [7, 11) is 3.35. The van der Waals surface area contributed by atoms with Crippen LogP contribution in [0.4, 0.5) is 4.79 Å². The second-order valence-corrected chi connectivity index (χ2v) is 20.1. The molecule has 0 saturated carbocycles. The first-order valence-corrected chi connectivity index (χ1v) is 25.5. The molecule has 7 rings (SSSR count). The van der Waals surface area contributed by atoms with E-state index in [0.29, 0.717) is 112 Å². The molecule has 0 aliphatic carbocycles. The van der Waals surface area contributed by atoms with Crippen LogP contribution in [-0.4, -0.2) is 170 Å². The normalized spacial score (nSPS) is 17.7. The summed E-state index contributed by atoms with van der Waals surface area (Å²) in [6, 6.07) is 6.13. The van der Waals surface area contributed by atoms with E-state index in [1.165, 1.54) is 4.90 Å². The van der Waals surface area contributed by atoms with Crippen molar-refractivity contribution < 1.29 is 47.6 Å². The van der Waals surface area contributed by atoms with Crippen LogP contribution in [0.5, 0.6) is 0 Å². The second-order valence-electron chi connectivity index (χ2n) is 20.1. The van der Waals surface area contributed by atoms with Gasteiger partial charge in [-0.3, -0.25) is 29.2 Å². The number of hydrogen-bond acceptors (Lipinski definition) is 13. The number of alkyl carbamates (subject to hydrolysis) is 1. The van der Waals surface area contributed by atoms with Gasteiger partial charge in [0.15, 0.2) is 0 Å². The van der Waals surface area contributed by atoms with Crippen molar-refractivity contribution in [2.75, 3.05) is 106 Å². The first-order valence-electron chi connectivity index (χ1n) is 25.5. The summed E-state index contributed by atoms with van der Waals surface area (Å²) in [6.45, 7) is 24.2. The second kappa shape index (κ2) is 24.0. The van der Waals surface area contributed by atoms with Crippen molar-refractivity contribution in [1.29, 1.82) is 0 Å². The molecule has 7 heterocycles. The maximum absolute atomic E-state index is 15.3. The van der Waals surface area contributed by atoms with Gasteiger partial charge in [0.2, 0.25) is 5.91 Å². The molecule has 18 heteroatoms. The summed E-state index contributed by atoms with van der Waals surface area (Å²) in [5.41, 5.74) is 10.5. The first kappa shape index (κ1) is 54.3. The van der Waals surface area contributed by atoms with Gasteiger partial charge >= 0.3 is 6.09 Å². The number of imide groups is 1. The van der Waals surface area contributed by atoms with E-state index in [9.17, 15) is 14.4 Å². The number of methoxy groups -OCH3 is 1. The molecule has 0 radical (unpaired) electrons. The van der Waals surface area contributed by atoms with Crippen LogP contribution in [0.25, 0.3) is 33.2 Å². The van der Waals surface area contributed by atoms with Crippen LogP contribution in [0, 0.1) is 13.8 Å². The fraction of sp³-hybridized carbons (Fsp3) is 0.593. The zero-order chi connectivity index (χ0) is 51.9. The largest absolute Gasteiger partial charge is 0.444 e. The van der Waals surface area contributed by atoms with Crippen LogP contribution in [-0.2, 0) is 33.2 Å². The Balaban J connectivity index is 1.33. The molecule has 0 aromatic carbocycles. The zero-order valence-corrected chi connectivity index (χ0v) is 44.3. The number of amides is 4. The third-order valence-electron chi connectivity index (χ3n) is 14.1. The van der Waals surface area contributed by atoms with Crippen molar-refractivity contribution in [3.8, 4) is 0 Å². The Morgan fingerprint density at radius 3 is 2.25 bits per heavy atom. The topological polar surface area (TPSA) is 203 Å². The van der Waals surface area contributed by atoms with E-state index in [1.54, 1.807) is 39.8 Å². The number of nitrogens with zero attached hydrogens (tertiary/aromatic N) is 5. The number of nitrogens with one attached hydrogen (secondary N) is 3. The molecule has 3 aromatic rings. The molecule has 4 aliphatic rings. The van der Waals surface area contributed by atoms with Crippen molar-refractivity contribution >= 4 is 57.0 Å². The van der Waals surface area contributed by atoms with Gasteiger partial charge in [-0.1, -0.05) is 13.8 Å². The number of fused-ring (bicyclic) bond motifs is 8. The molecular weight excluding hydrogens is 921 g/mol. The number of carbonyl (C=O) groups is 4. The number of aryl methyl sites for hydroxylation is 2. The number of aromatic nitrogens is 4. The van der Waals surface area contributed by atoms with Crippen molar-refractivity contribution in [3.05, 3.63) is 68.8 Å². The number of allylic oxidation sites excluding steroid dienone is 2. The predicted octanol–water partition coefficient (Wildman–Crippen LogP) is 7.61. The van der Waals surface area contributed by atoms with E-state index in [1.807, 2.05) is 26.0 Å². The maximum Gasteiger partial charge on any atom is 0.407 e. The van der Waals surface area contributed by atoms with Gasteiger partial charge in [-0.25, -0.2) is 9.78 Å². The lowest BCUT2D eigenvalue weighted by Crippen LogP contribution is -2.47. The summed E-state index contributed by atoms with van der Waals surface area (Å²) in [6.07, 6.45) is 0.351. The molecule has 1 saturated heterocycles. The van der Waals surface area contributed by atoms with E-state index in [4.69, 9.17) is 38.4 Å². The Hall–Kier alpha value is -5.50. The quantitative estimate of drug-likeness (QED) is 0.0696. The number of ether oxygens (including phenoxy) is 6. The van der Waals surface area contributed by atoms with E-state index in [-0.39, 0.29) is 55.8 Å². The van der Waals surface area contributed by atoms with E-state index < -0.39 is 17.6 Å². The minimum Gasteiger partial charge on any atom is -0.444 e. The molecule has 8 bridgehead atoms. The summed E-state index contributed by atoms with van der Waals surface area (Å²) >= 11 is 0. The molecule has 3 aromatic heterocycles. The predicted molar refractivity (Wildman–Crippen MR) is 276 cm³/mol. The Labute approximate surface area is 423 Å². The highest BCUT2D eigenvalue weighted by molar-refractivity contribution is 6.23. The zero-order valence-electron chi connectivity index (χ0n) is 44.3. The van der Waals surface area contributed by atoms with E-state index in [2.05, 4.69) is 53.9 Å². The lowest BCUT2D eigenvalue weighted by Gasteiger charge is -2.31. The van der Waals surface area contributed by atoms with Crippen molar-refractivity contribution in [2.24, 2.45) is 0 Å². The Morgan fingerprint density at radius 2 is 1.56 bits per heavy atom. The number of H-pyrrole nitrogens is 2. The molecule has 4 amide bonds. The van der Waals surface area contributed by atoms with Crippen LogP contribution in [0.3, 0.4) is 0 Å². The number of carbonyl (C=O) groups excluding carboxylic acids is 4. The van der Waals surface area contributed by atoms with Gasteiger partial charge in [0.1, 0.15) is 5.60 Å². The van der Waals surface area contributed by atoms with Gasteiger partial charge in [-0.2, -0.15) is 0 Å². The van der Waals surface area contributed by atoms with Gasteiger partial charge in [-0.05, 0) is 102 Å². The molecule has 3 N–H and O–H groups in total. The maximum atomic E-state index is 15.3. The first-order chi connectivity index (χ1) is 34.4. The third kappa shape index (κ3) is 12.5. The van der Waals surface area contributed by atoms with Gasteiger partial charge < -0.3 is 48.6 Å². The summed E-state index contributed by atoms with van der Waals surface area (Å²) in [4.78, 5) is 79.4. The van der Waals surface area contributed by atoms with Crippen LogP contribution in [0.1, 0.15) is 146 Å². The van der Waals surface area contributed by atoms with Gasteiger partial charge in [0.25, 0.3) is 11.8 Å². The number of likely N-dealkylation sites (N-methyl/N-ethyl adjacent to an activating group) is 1. The average molecular weight is 997 g/mol. The minimum atomic E-state index is -0.649. The van der Waals surface area contributed by atoms with Gasteiger partial charge in [0, 0.05) is 99.5 Å². The third-order valence-corrected chi connectivity index (χ3v) is 14.1. The van der Waals surface area contributed by atoms with E-state index in [0.717, 1.165) is 56.8 Å². The fourth-order valence-corrected chi connectivity index (χ4v) is 10.0. The molecule has 3 atom stereocenters. The minimum absolute atomic E-state index is 0.123. The summed E-state index contributed by atoms with van der Waals surface area (Å²) in [5, 5.41) is 2.74. The average Bonchev–Trinajstić information content (AvgIpc) is 4.02. The highest BCUT2D eigenvalue weighted by Crippen LogP contribution is 2.44. The molecule has 392 valence electrons. The number of morpholine rings is 1. The highest BCUT2D eigenvalue weighted by atomic mass is 16.6. The Morgan fingerprint density at radius 1 is 0.889 bits per heavy atom. The molecule has 1 unspecified atom stereocenters. The highest BCUT2D eigenvalue weighted by Gasteiger charge is 2.41. The molecular formula is C54H76N8O10. The van der Waals surface area contributed by atoms with E-state index >= 15 is 4.79 Å². The monoisotopic (exact) mass is 997 g/mol. The lowest BCUT2D eigenvalue weighted by atomic mass is 9.84. The van der Waals surface area contributed by atoms with Crippen molar-refractivity contribution in [3.63, 3.8) is 0 Å². The Bertz CT molecular complexity index is 2680. The molecule has 4 aliphatic heterocycles. The van der Waals surface area contributed by atoms with Gasteiger partial charge in [0.05, 0.1) is 92.7 Å². The smallest absolute Gasteiger partial charge is 0.407 e. The van der Waals surface area contributed by atoms with Crippen LogP contribution >= 0.6 is 0 Å². The fourth-order valence-electron chi connectivity index (χ4n) is 10.0. The SMILES string of the molecule is CCC1=C(C)c2cc3[nH]c(cc4nc(c5c6[nH]c(cc1n2)c(C)c6C(=O)N(CCN1CCOCC1)C5=O)[C@@H](CCC(=O)N(C)CCNC(=O)OC(C)(C)C)[C@@H]4C)c(C)c3C(C)OCCOCCOCCOC. The standard InChI is InChI=1S/C54H76N8O10/c1-12-37-32(2)39-31-44-46(36(6)71-28-27-70-26-25-69-24-23-67-11)34(4)41(57-44)29-40-33(3)38(13-14-45(63)60(10)16-15-55-53(66)72-54(7,8)9)49(58-40)48-50-47(35(5)42(59-50)30-43(37)56-39)51(64)62(52(48)65)18-17-61-19-21-68-22-20-61/h29-31,33,36,38,57,59H,12-28H2,1-11H3,(H,55,66)/t33-,36?,38-/m0/s1.